The maximum Gasteiger partial charge on any atom is 0.430 e. The predicted molar refractivity (Wildman–Crippen MR) is 83.7 cm³/mol. The Balaban J connectivity index is 0.000000381. The second kappa shape index (κ2) is 9.47. The summed E-state index contributed by atoms with van der Waals surface area (Å²) < 4.78 is 36.4. The minimum atomic E-state index is -5.19. The molecule has 0 heterocycles. The number of carboxylic acids is 1. The number of aryl methyl sites for hydroxylation is 3. The number of hydrogen-bond acceptors (Lipinski definition) is 2. The number of carbonyl (C=O) groups is 1. The average molecular weight is 460 g/mol. The van der Waals surface area contributed by atoms with Gasteiger partial charge in [-0.1, -0.05) is 35.9 Å². The van der Waals surface area contributed by atoms with Crippen molar-refractivity contribution in [3.8, 4) is 9.85 Å². The van der Waals surface area contributed by atoms with Gasteiger partial charge in [0.1, 0.15) is 5.97 Å². The van der Waals surface area contributed by atoms with Gasteiger partial charge in [-0.05, 0) is 38.8 Å². The maximum absolute atomic E-state index is 10.5. The summed E-state index contributed by atoms with van der Waals surface area (Å²) in [5.41, 5.74) is 5.23. The molecule has 2 aromatic rings. The molecule has 2 aromatic carbocycles. The van der Waals surface area contributed by atoms with Gasteiger partial charge in [0, 0.05) is 16.7 Å². The SMILES string of the molecule is Cc1cc(C)c([I+]C#Cc2ccccc2)c(C)c1.O=C([O-])C(F)(F)F. The van der Waals surface area contributed by atoms with Crippen molar-refractivity contribution in [3.05, 3.63) is 68.3 Å². The molecule has 0 saturated heterocycles. The molecule has 2 rings (SSSR count). The molecule has 2 nitrogen and oxygen atoms in total. The quantitative estimate of drug-likeness (QED) is 0.450. The van der Waals surface area contributed by atoms with E-state index in [4.69, 9.17) is 9.90 Å². The normalized spacial score (nSPS) is 10.2. The number of halogens is 4. The zero-order valence-corrected chi connectivity index (χ0v) is 16.0. The molecule has 0 bridgehead atoms. The lowest BCUT2D eigenvalue weighted by Gasteiger charge is -2.03. The molecule has 0 N–H and O–H groups in total. The number of aliphatic carboxylic acids is 1. The van der Waals surface area contributed by atoms with Crippen LogP contribution in [0.2, 0.25) is 0 Å². The predicted octanol–water partition coefficient (Wildman–Crippen LogP) is 0.178. The standard InChI is InChI=1S/C17H16I.C2HF3O2/c1-13-11-14(2)17(15(3)12-13)18-10-9-16-7-5-4-6-8-16;3-2(4,5)1(6)7/h4-8,11-12H,1-3H3;(H,6,7)/q+1;/p-1. The summed E-state index contributed by atoms with van der Waals surface area (Å²) in [6, 6.07) is 14.7. The van der Waals surface area contributed by atoms with Gasteiger partial charge < -0.3 is 9.90 Å². The fourth-order valence-electron chi connectivity index (χ4n) is 1.96. The zero-order chi connectivity index (χ0) is 19.0. The van der Waals surface area contributed by atoms with Crippen LogP contribution in [0.1, 0.15) is 22.3 Å². The Hall–Kier alpha value is -2.01. The maximum atomic E-state index is 10.5. The molecule has 0 aliphatic carbocycles. The summed E-state index contributed by atoms with van der Waals surface area (Å²) >= 11 is -0.216. The van der Waals surface area contributed by atoms with E-state index in [1.807, 2.05) is 18.2 Å². The third-order valence-corrected chi connectivity index (χ3v) is 5.70. The highest BCUT2D eigenvalue weighted by molar-refractivity contribution is 5.70. The van der Waals surface area contributed by atoms with Gasteiger partial charge in [0.05, 0.1) is 0 Å². The van der Waals surface area contributed by atoms with Crippen LogP contribution in [0, 0.1) is 34.2 Å². The van der Waals surface area contributed by atoms with Crippen molar-refractivity contribution in [2.75, 3.05) is 0 Å². The van der Waals surface area contributed by atoms with Crippen LogP contribution in [0.15, 0.2) is 42.5 Å². The third kappa shape index (κ3) is 7.61. The number of rotatable bonds is 1. The summed E-state index contributed by atoms with van der Waals surface area (Å²) in [6.45, 7) is 6.54. The van der Waals surface area contributed by atoms with Crippen LogP contribution in [0.3, 0.4) is 0 Å². The third-order valence-electron chi connectivity index (χ3n) is 2.92. The Kier molecular flexibility index (Phi) is 7.97. The summed E-state index contributed by atoms with van der Waals surface area (Å²) in [5.74, 6) is 0.254. The second-order valence-electron chi connectivity index (χ2n) is 5.18. The molecule has 0 spiro atoms. The van der Waals surface area contributed by atoms with Crippen molar-refractivity contribution >= 4 is 5.97 Å². The van der Waals surface area contributed by atoms with Gasteiger partial charge in [0.15, 0.2) is 3.93 Å². The van der Waals surface area contributed by atoms with Crippen molar-refractivity contribution in [2.45, 2.75) is 26.9 Å². The fourth-order valence-corrected chi connectivity index (χ4v) is 3.84. The lowest BCUT2D eigenvalue weighted by molar-refractivity contribution is -0.536. The van der Waals surface area contributed by atoms with E-state index in [2.05, 4.69) is 54.9 Å². The van der Waals surface area contributed by atoms with E-state index >= 15 is 0 Å². The van der Waals surface area contributed by atoms with Gasteiger partial charge in [-0.3, -0.25) is 0 Å². The molecule has 0 atom stereocenters. The Bertz CT molecular complexity index is 765. The summed E-state index contributed by atoms with van der Waals surface area (Å²) in [6.07, 6.45) is -5.19. The molecular weight excluding hydrogens is 444 g/mol. The van der Waals surface area contributed by atoms with Gasteiger partial charge in [0.25, 0.3) is 0 Å². The topological polar surface area (TPSA) is 40.1 Å². The van der Waals surface area contributed by atoms with Crippen molar-refractivity contribution in [1.29, 1.82) is 0 Å². The van der Waals surface area contributed by atoms with E-state index in [-0.39, 0.29) is 21.2 Å². The minimum absolute atomic E-state index is 0.216. The molecule has 0 fully saturated rings. The van der Waals surface area contributed by atoms with Gasteiger partial charge in [-0.15, -0.1) is 0 Å². The van der Waals surface area contributed by atoms with Crippen LogP contribution < -0.4 is 26.3 Å². The number of hydrogen-bond donors (Lipinski definition) is 0. The van der Waals surface area contributed by atoms with Crippen LogP contribution in [0.4, 0.5) is 13.2 Å². The zero-order valence-electron chi connectivity index (χ0n) is 13.9. The first-order valence-corrected chi connectivity index (χ1v) is 9.33. The van der Waals surface area contributed by atoms with Crippen LogP contribution in [0.5, 0.6) is 0 Å². The average Bonchev–Trinajstić information content (AvgIpc) is 2.50. The van der Waals surface area contributed by atoms with Crippen molar-refractivity contribution in [2.24, 2.45) is 0 Å². The summed E-state index contributed by atoms with van der Waals surface area (Å²) in [5, 5.41) is 8.78. The summed E-state index contributed by atoms with van der Waals surface area (Å²) in [4.78, 5) is 8.78. The molecule has 0 saturated carbocycles. The molecule has 0 aliphatic heterocycles. The Morgan fingerprint density at radius 3 is 1.96 bits per heavy atom. The summed E-state index contributed by atoms with van der Waals surface area (Å²) in [7, 11) is 0. The van der Waals surface area contributed by atoms with Crippen molar-refractivity contribution in [3.63, 3.8) is 0 Å². The molecule has 0 radical (unpaired) electrons. The Morgan fingerprint density at radius 1 is 1.04 bits per heavy atom. The molecule has 6 heteroatoms. The first-order valence-electron chi connectivity index (χ1n) is 7.17. The van der Waals surface area contributed by atoms with E-state index in [1.165, 1.54) is 20.3 Å². The van der Waals surface area contributed by atoms with Gasteiger partial charge in [-0.25, -0.2) is 0 Å². The lowest BCUT2D eigenvalue weighted by atomic mass is 10.1. The van der Waals surface area contributed by atoms with E-state index in [0.29, 0.717) is 0 Å². The Morgan fingerprint density at radius 2 is 1.52 bits per heavy atom. The van der Waals surface area contributed by atoms with Gasteiger partial charge in [-0.2, -0.15) is 13.2 Å². The molecule has 0 aromatic heterocycles. The fraction of sp³-hybridized carbons (Fsp3) is 0.211. The van der Waals surface area contributed by atoms with Crippen LogP contribution in [-0.2, 0) is 4.79 Å². The molecular formula is C19H16F3IO2. The number of carboxylic acid groups (broad SMARTS) is 1. The monoisotopic (exact) mass is 460 g/mol. The van der Waals surface area contributed by atoms with Gasteiger partial charge >= 0.3 is 27.4 Å². The molecule has 132 valence electrons. The highest BCUT2D eigenvalue weighted by atomic mass is 127. The molecule has 0 unspecified atom stereocenters. The highest BCUT2D eigenvalue weighted by Crippen LogP contribution is 2.11. The smallest absolute Gasteiger partial charge is 0.430 e. The Labute approximate surface area is 155 Å². The highest BCUT2D eigenvalue weighted by Gasteiger charge is 2.28. The van der Waals surface area contributed by atoms with Crippen molar-refractivity contribution in [1.82, 2.24) is 0 Å². The first-order chi connectivity index (χ1) is 11.6. The first kappa shape index (κ1) is 21.0. The number of alkyl halides is 3. The number of benzene rings is 2. The molecule has 0 aliphatic rings. The molecule has 25 heavy (non-hydrogen) atoms. The van der Waals surface area contributed by atoms with E-state index in [0.717, 1.165) is 5.56 Å². The van der Waals surface area contributed by atoms with Crippen LogP contribution >= 0.6 is 0 Å². The largest absolute Gasteiger partial charge is 0.542 e. The van der Waals surface area contributed by atoms with E-state index in [9.17, 15) is 13.2 Å². The van der Waals surface area contributed by atoms with Crippen LogP contribution in [-0.4, -0.2) is 12.1 Å². The second-order valence-corrected chi connectivity index (χ2v) is 7.34. The minimum Gasteiger partial charge on any atom is -0.542 e. The number of carbonyl (C=O) groups excluding carboxylic acids is 1. The van der Waals surface area contributed by atoms with Crippen molar-refractivity contribution < 1.29 is 44.3 Å². The van der Waals surface area contributed by atoms with E-state index < -0.39 is 12.1 Å². The van der Waals surface area contributed by atoms with E-state index in [1.54, 1.807) is 0 Å². The molecule has 0 amide bonds. The van der Waals surface area contributed by atoms with Crippen LogP contribution in [0.25, 0.3) is 0 Å². The van der Waals surface area contributed by atoms with Gasteiger partial charge in [0.2, 0.25) is 3.57 Å². The lowest BCUT2D eigenvalue weighted by Crippen LogP contribution is -3.60.